The molecule has 0 aromatic heterocycles. The molecule has 2 saturated carbocycles. The topological polar surface area (TPSA) is 36.9 Å². The van der Waals surface area contributed by atoms with Gasteiger partial charge in [-0.1, -0.05) is 55.0 Å². The first-order chi connectivity index (χ1) is 15.6. The molecule has 1 aromatic carbocycles. The zero-order chi connectivity index (χ0) is 21.4. The zero-order valence-corrected chi connectivity index (χ0v) is 19.1. The van der Waals surface area contributed by atoms with Crippen molar-refractivity contribution in [3.8, 4) is 0 Å². The lowest BCUT2D eigenvalue weighted by Crippen LogP contribution is -2.52. The largest absolute Gasteiger partial charge is 0.347 e. The normalized spacial score (nSPS) is 41.2. The number of allylic oxidation sites excluding steroid dienone is 2. The minimum atomic E-state index is -0.436. The Morgan fingerprint density at radius 2 is 1.62 bits per heavy atom. The summed E-state index contributed by atoms with van der Waals surface area (Å²) in [5, 5.41) is 0. The second-order valence-electron chi connectivity index (χ2n) is 11.0. The van der Waals surface area contributed by atoms with Crippen molar-refractivity contribution in [2.45, 2.75) is 57.0 Å². The van der Waals surface area contributed by atoms with Crippen LogP contribution in [0.5, 0.6) is 0 Å². The third kappa shape index (κ3) is 2.64. The van der Waals surface area contributed by atoms with E-state index in [2.05, 4.69) is 49.4 Å². The Morgan fingerprint density at radius 1 is 0.875 bits per heavy atom. The Hall–Kier alpha value is -1.46. The van der Waals surface area contributed by atoms with Crippen molar-refractivity contribution in [3.63, 3.8) is 0 Å². The van der Waals surface area contributed by atoms with Crippen LogP contribution in [0.15, 0.2) is 48.1 Å². The highest BCUT2D eigenvalue weighted by atomic mass is 16.7. The molecule has 0 N–H and O–H groups in total. The average molecular weight is 435 g/mol. The van der Waals surface area contributed by atoms with Crippen LogP contribution in [-0.4, -0.2) is 38.0 Å². The summed E-state index contributed by atoms with van der Waals surface area (Å²) in [6.45, 7) is 5.34. The summed E-state index contributed by atoms with van der Waals surface area (Å²) < 4.78 is 25.0. The zero-order valence-electron chi connectivity index (χ0n) is 19.1. The number of hydrogen-bond donors (Lipinski definition) is 0. The SMILES string of the molecule is C[C@]12C=C(c3ccccc3)[C@H]3[C@@H](CC=C4CC5(CC[C@@H]43)OCCO5)[C@@H]1CCC21OCCO1. The van der Waals surface area contributed by atoms with Gasteiger partial charge < -0.3 is 18.9 Å². The maximum Gasteiger partial charge on any atom is 0.177 e. The predicted molar refractivity (Wildman–Crippen MR) is 122 cm³/mol. The van der Waals surface area contributed by atoms with E-state index >= 15 is 0 Å². The average Bonchev–Trinajstić information content (AvgIpc) is 3.55. The molecule has 4 aliphatic carbocycles. The van der Waals surface area contributed by atoms with Gasteiger partial charge in [-0.25, -0.2) is 0 Å². The van der Waals surface area contributed by atoms with E-state index in [1.165, 1.54) is 17.6 Å². The fraction of sp³-hybridized carbons (Fsp3) is 0.643. The highest BCUT2D eigenvalue weighted by Gasteiger charge is 2.65. The summed E-state index contributed by atoms with van der Waals surface area (Å²) in [6, 6.07) is 11.1. The number of rotatable bonds is 1. The fourth-order valence-electron chi connectivity index (χ4n) is 8.37. The lowest BCUT2D eigenvalue weighted by atomic mass is 9.52. The molecule has 1 aromatic rings. The third-order valence-electron chi connectivity index (χ3n) is 9.71. The maximum absolute atomic E-state index is 6.39. The molecule has 0 bridgehead atoms. The first-order valence-electron chi connectivity index (χ1n) is 12.7. The molecule has 0 radical (unpaired) electrons. The molecule has 2 heterocycles. The van der Waals surface area contributed by atoms with E-state index in [-0.39, 0.29) is 11.2 Å². The van der Waals surface area contributed by atoms with Crippen LogP contribution < -0.4 is 0 Å². The fourth-order valence-corrected chi connectivity index (χ4v) is 8.37. The molecule has 4 nitrogen and oxygen atoms in total. The van der Waals surface area contributed by atoms with Gasteiger partial charge in [0.05, 0.1) is 26.4 Å². The molecule has 7 rings (SSSR count). The molecule has 6 aliphatic rings. The van der Waals surface area contributed by atoms with Crippen LogP contribution in [0.4, 0.5) is 0 Å². The highest BCUT2D eigenvalue weighted by Crippen LogP contribution is 2.67. The van der Waals surface area contributed by atoms with Crippen molar-refractivity contribution in [1.82, 2.24) is 0 Å². The van der Waals surface area contributed by atoms with Gasteiger partial charge in [-0.05, 0) is 54.1 Å². The smallest absolute Gasteiger partial charge is 0.177 e. The van der Waals surface area contributed by atoms with Crippen molar-refractivity contribution < 1.29 is 18.9 Å². The minimum Gasteiger partial charge on any atom is -0.347 e. The monoisotopic (exact) mass is 434 g/mol. The molecule has 4 fully saturated rings. The van der Waals surface area contributed by atoms with Gasteiger partial charge in [0.15, 0.2) is 11.6 Å². The molecule has 2 saturated heterocycles. The Balaban J connectivity index is 1.33. The molecule has 2 aliphatic heterocycles. The first kappa shape index (κ1) is 20.0. The Bertz CT molecular complexity index is 953. The van der Waals surface area contributed by atoms with Gasteiger partial charge in [0.1, 0.15) is 0 Å². The highest BCUT2D eigenvalue weighted by molar-refractivity contribution is 5.71. The lowest BCUT2D eigenvalue weighted by molar-refractivity contribution is -0.214. The van der Waals surface area contributed by atoms with E-state index in [4.69, 9.17) is 18.9 Å². The second-order valence-corrected chi connectivity index (χ2v) is 11.0. The summed E-state index contributed by atoms with van der Waals surface area (Å²) in [5.74, 6) is 1.61. The maximum atomic E-state index is 6.39. The molecule has 0 amide bonds. The van der Waals surface area contributed by atoms with Crippen LogP contribution >= 0.6 is 0 Å². The van der Waals surface area contributed by atoms with E-state index in [9.17, 15) is 0 Å². The molecule has 5 atom stereocenters. The standard InChI is InChI=1S/C28H34O4/c1-26-18-23(19-5-3-2-4-6-19)25-21-9-11-27(29-13-14-30-27)17-20(21)7-8-22(25)24(26)10-12-28(26)31-15-16-32-28/h2-7,18,21-22,24-25H,8-17H2,1H3/t21-,22-,24-,25+,26-/m0/s1. The molecule has 4 heteroatoms. The molecule has 0 unspecified atom stereocenters. The Kier molecular flexibility index (Phi) is 4.38. The van der Waals surface area contributed by atoms with E-state index in [0.29, 0.717) is 23.7 Å². The number of benzene rings is 1. The van der Waals surface area contributed by atoms with Crippen molar-refractivity contribution >= 4 is 5.57 Å². The van der Waals surface area contributed by atoms with Crippen molar-refractivity contribution in [3.05, 3.63) is 53.6 Å². The van der Waals surface area contributed by atoms with Gasteiger partial charge in [0.25, 0.3) is 0 Å². The van der Waals surface area contributed by atoms with Crippen LogP contribution in [-0.2, 0) is 18.9 Å². The van der Waals surface area contributed by atoms with Gasteiger partial charge in [-0.2, -0.15) is 0 Å². The summed E-state index contributed by atoms with van der Waals surface area (Å²) in [6.07, 6.45) is 11.6. The minimum absolute atomic E-state index is 0.0747. The molecular weight excluding hydrogens is 400 g/mol. The first-order valence-corrected chi connectivity index (χ1v) is 12.7. The molecule has 2 spiro atoms. The number of fused-ring (bicyclic) bond motifs is 6. The van der Waals surface area contributed by atoms with Gasteiger partial charge in [0.2, 0.25) is 0 Å². The van der Waals surface area contributed by atoms with Gasteiger partial charge >= 0.3 is 0 Å². The van der Waals surface area contributed by atoms with Crippen LogP contribution in [0.2, 0.25) is 0 Å². The van der Waals surface area contributed by atoms with E-state index in [1.54, 1.807) is 5.57 Å². The van der Waals surface area contributed by atoms with Crippen LogP contribution in [0.25, 0.3) is 5.57 Å². The number of ether oxygens (including phenoxy) is 4. The van der Waals surface area contributed by atoms with Crippen molar-refractivity contribution in [2.24, 2.45) is 29.1 Å². The quantitative estimate of drug-likeness (QED) is 0.559. The Labute approximate surface area is 191 Å². The number of hydrogen-bond acceptors (Lipinski definition) is 4. The molecule has 170 valence electrons. The van der Waals surface area contributed by atoms with E-state index < -0.39 is 5.79 Å². The third-order valence-corrected chi connectivity index (χ3v) is 9.71. The second kappa shape index (κ2) is 7.02. The van der Waals surface area contributed by atoms with E-state index in [0.717, 1.165) is 58.5 Å². The summed E-state index contributed by atoms with van der Waals surface area (Å²) >= 11 is 0. The van der Waals surface area contributed by atoms with Crippen molar-refractivity contribution in [2.75, 3.05) is 26.4 Å². The lowest BCUT2D eigenvalue weighted by Gasteiger charge is -2.54. The summed E-state index contributed by atoms with van der Waals surface area (Å²) in [7, 11) is 0. The predicted octanol–water partition coefficient (Wildman–Crippen LogP) is 5.35. The van der Waals surface area contributed by atoms with E-state index in [1.807, 2.05) is 0 Å². The summed E-state index contributed by atoms with van der Waals surface area (Å²) in [5.41, 5.74) is 4.40. The van der Waals surface area contributed by atoms with Gasteiger partial charge in [-0.15, -0.1) is 0 Å². The van der Waals surface area contributed by atoms with Gasteiger partial charge in [-0.3, -0.25) is 0 Å². The van der Waals surface area contributed by atoms with Crippen LogP contribution in [0.1, 0.15) is 51.0 Å². The van der Waals surface area contributed by atoms with Crippen LogP contribution in [0, 0.1) is 29.1 Å². The Morgan fingerprint density at radius 3 is 2.41 bits per heavy atom. The molecular formula is C28H34O4. The summed E-state index contributed by atoms with van der Waals surface area (Å²) in [4.78, 5) is 0. The van der Waals surface area contributed by atoms with Gasteiger partial charge in [0, 0.05) is 24.7 Å². The molecule has 32 heavy (non-hydrogen) atoms. The van der Waals surface area contributed by atoms with Crippen LogP contribution in [0.3, 0.4) is 0 Å². The van der Waals surface area contributed by atoms with Crippen molar-refractivity contribution in [1.29, 1.82) is 0 Å².